The molecule has 0 saturated heterocycles. The summed E-state index contributed by atoms with van der Waals surface area (Å²) < 4.78 is 0. The molecule has 0 aromatic heterocycles. The standard InChI is InChI=1S/C16H15NO/c18-17-11-12-6-8-14(9-7-12)16-10-15(16)13-4-2-1-3-5-13/h1-9,11,15-16,18H,10H2/b17-11-/t15-,16-/m1/s1. The molecule has 0 bridgehead atoms. The second kappa shape index (κ2) is 4.65. The van der Waals surface area contributed by atoms with Crippen molar-refractivity contribution in [1.29, 1.82) is 0 Å². The van der Waals surface area contributed by atoms with Gasteiger partial charge in [0.2, 0.25) is 0 Å². The van der Waals surface area contributed by atoms with Gasteiger partial charge in [-0.25, -0.2) is 0 Å². The third-order valence-electron chi connectivity index (χ3n) is 3.59. The van der Waals surface area contributed by atoms with Gasteiger partial charge in [-0.3, -0.25) is 0 Å². The Hall–Kier alpha value is -2.09. The van der Waals surface area contributed by atoms with Crippen LogP contribution in [0.15, 0.2) is 59.8 Å². The highest BCUT2D eigenvalue weighted by atomic mass is 16.4. The van der Waals surface area contributed by atoms with Gasteiger partial charge in [-0.2, -0.15) is 0 Å². The highest BCUT2D eigenvalue weighted by Crippen LogP contribution is 2.54. The first kappa shape index (κ1) is 11.0. The molecule has 90 valence electrons. The third kappa shape index (κ3) is 2.14. The first-order valence-electron chi connectivity index (χ1n) is 6.21. The zero-order valence-electron chi connectivity index (χ0n) is 10.0. The van der Waals surface area contributed by atoms with E-state index < -0.39 is 0 Å². The second-order valence-electron chi connectivity index (χ2n) is 4.77. The molecule has 1 aliphatic carbocycles. The lowest BCUT2D eigenvalue weighted by Crippen LogP contribution is -1.86. The maximum atomic E-state index is 8.47. The Morgan fingerprint density at radius 2 is 1.50 bits per heavy atom. The van der Waals surface area contributed by atoms with E-state index in [1.165, 1.54) is 23.8 Å². The predicted molar refractivity (Wildman–Crippen MR) is 72.4 cm³/mol. The van der Waals surface area contributed by atoms with E-state index in [0.29, 0.717) is 11.8 Å². The van der Waals surface area contributed by atoms with Crippen LogP contribution in [0.1, 0.15) is 34.9 Å². The first-order valence-corrected chi connectivity index (χ1v) is 6.21. The molecule has 2 atom stereocenters. The molecule has 3 rings (SSSR count). The van der Waals surface area contributed by atoms with E-state index in [0.717, 1.165) is 5.56 Å². The van der Waals surface area contributed by atoms with E-state index in [4.69, 9.17) is 5.21 Å². The van der Waals surface area contributed by atoms with Crippen molar-refractivity contribution in [3.63, 3.8) is 0 Å². The molecule has 0 radical (unpaired) electrons. The Morgan fingerprint density at radius 3 is 2.11 bits per heavy atom. The van der Waals surface area contributed by atoms with Gasteiger partial charge in [-0.05, 0) is 34.9 Å². The molecule has 18 heavy (non-hydrogen) atoms. The molecule has 0 heterocycles. The van der Waals surface area contributed by atoms with E-state index in [2.05, 4.69) is 47.6 Å². The van der Waals surface area contributed by atoms with E-state index in [1.54, 1.807) is 0 Å². The van der Waals surface area contributed by atoms with Gasteiger partial charge in [0, 0.05) is 0 Å². The minimum atomic E-state index is 0.646. The van der Waals surface area contributed by atoms with Crippen LogP contribution in [0.3, 0.4) is 0 Å². The minimum absolute atomic E-state index is 0.646. The lowest BCUT2D eigenvalue weighted by atomic mass is 10.0. The average molecular weight is 237 g/mol. The van der Waals surface area contributed by atoms with Crippen molar-refractivity contribution in [2.45, 2.75) is 18.3 Å². The topological polar surface area (TPSA) is 32.6 Å². The fraction of sp³-hybridized carbons (Fsp3) is 0.188. The van der Waals surface area contributed by atoms with Crippen LogP contribution < -0.4 is 0 Å². The van der Waals surface area contributed by atoms with Crippen molar-refractivity contribution >= 4 is 6.21 Å². The number of hydrogen-bond donors (Lipinski definition) is 1. The predicted octanol–water partition coefficient (Wildman–Crippen LogP) is 3.77. The zero-order valence-corrected chi connectivity index (χ0v) is 10.0. The summed E-state index contributed by atoms with van der Waals surface area (Å²) in [5.41, 5.74) is 3.74. The van der Waals surface area contributed by atoms with Crippen molar-refractivity contribution in [1.82, 2.24) is 0 Å². The largest absolute Gasteiger partial charge is 0.411 e. The summed E-state index contributed by atoms with van der Waals surface area (Å²) in [5.74, 6) is 1.32. The van der Waals surface area contributed by atoms with Gasteiger partial charge >= 0.3 is 0 Å². The Bertz CT molecular complexity index is 545. The SMILES string of the molecule is O/N=C\c1ccc([C@H]2C[C@@H]2c2ccccc2)cc1. The summed E-state index contributed by atoms with van der Waals surface area (Å²) in [4.78, 5) is 0. The lowest BCUT2D eigenvalue weighted by Gasteiger charge is -2.01. The van der Waals surface area contributed by atoms with E-state index in [9.17, 15) is 0 Å². The highest BCUT2D eigenvalue weighted by Gasteiger charge is 2.39. The summed E-state index contributed by atoms with van der Waals surface area (Å²) in [6, 6.07) is 18.9. The van der Waals surface area contributed by atoms with Crippen LogP contribution in [-0.2, 0) is 0 Å². The summed E-state index contributed by atoms with van der Waals surface area (Å²) in [6.45, 7) is 0. The summed E-state index contributed by atoms with van der Waals surface area (Å²) in [6.07, 6.45) is 2.68. The molecular formula is C16H15NO. The molecule has 0 aliphatic heterocycles. The zero-order chi connectivity index (χ0) is 12.4. The lowest BCUT2D eigenvalue weighted by molar-refractivity contribution is 0.322. The van der Waals surface area contributed by atoms with Crippen molar-refractivity contribution in [2.24, 2.45) is 5.16 Å². The fourth-order valence-electron chi connectivity index (χ4n) is 2.53. The molecule has 1 N–H and O–H groups in total. The van der Waals surface area contributed by atoms with Crippen LogP contribution in [0.25, 0.3) is 0 Å². The molecule has 1 aliphatic rings. The normalized spacial score (nSPS) is 22.2. The number of nitrogens with zero attached hydrogens (tertiary/aromatic N) is 1. The fourth-order valence-corrected chi connectivity index (χ4v) is 2.53. The Balaban J connectivity index is 1.74. The molecule has 1 saturated carbocycles. The van der Waals surface area contributed by atoms with Crippen LogP contribution in [0.5, 0.6) is 0 Å². The molecule has 2 heteroatoms. The van der Waals surface area contributed by atoms with Gasteiger partial charge in [0.05, 0.1) is 6.21 Å². The van der Waals surface area contributed by atoms with Crippen LogP contribution in [0, 0.1) is 0 Å². The van der Waals surface area contributed by atoms with Gasteiger partial charge in [0.1, 0.15) is 0 Å². The van der Waals surface area contributed by atoms with Crippen molar-refractivity contribution < 1.29 is 5.21 Å². The average Bonchev–Trinajstić information content (AvgIpc) is 3.21. The second-order valence-corrected chi connectivity index (χ2v) is 4.77. The minimum Gasteiger partial charge on any atom is -0.411 e. The quantitative estimate of drug-likeness (QED) is 0.492. The number of oxime groups is 1. The number of hydrogen-bond acceptors (Lipinski definition) is 2. The summed E-state index contributed by atoms with van der Waals surface area (Å²) in [5, 5.41) is 11.5. The molecule has 2 nitrogen and oxygen atoms in total. The number of rotatable bonds is 3. The summed E-state index contributed by atoms with van der Waals surface area (Å²) >= 11 is 0. The Morgan fingerprint density at radius 1 is 0.889 bits per heavy atom. The van der Waals surface area contributed by atoms with Gasteiger partial charge in [0.25, 0.3) is 0 Å². The van der Waals surface area contributed by atoms with Gasteiger partial charge in [0.15, 0.2) is 0 Å². The maximum Gasteiger partial charge on any atom is 0.0733 e. The van der Waals surface area contributed by atoms with E-state index in [1.807, 2.05) is 12.1 Å². The van der Waals surface area contributed by atoms with Crippen LogP contribution in [0.2, 0.25) is 0 Å². The van der Waals surface area contributed by atoms with Crippen molar-refractivity contribution in [3.05, 3.63) is 71.3 Å². The Labute approximate surface area is 107 Å². The van der Waals surface area contributed by atoms with E-state index >= 15 is 0 Å². The molecule has 2 aromatic carbocycles. The number of benzene rings is 2. The monoisotopic (exact) mass is 237 g/mol. The third-order valence-corrected chi connectivity index (χ3v) is 3.59. The van der Waals surface area contributed by atoms with Crippen molar-refractivity contribution in [2.75, 3.05) is 0 Å². The van der Waals surface area contributed by atoms with Crippen molar-refractivity contribution in [3.8, 4) is 0 Å². The van der Waals surface area contributed by atoms with Gasteiger partial charge in [-0.15, -0.1) is 0 Å². The molecule has 2 aromatic rings. The van der Waals surface area contributed by atoms with Crippen LogP contribution in [0.4, 0.5) is 0 Å². The van der Waals surface area contributed by atoms with Gasteiger partial charge < -0.3 is 5.21 Å². The van der Waals surface area contributed by atoms with Gasteiger partial charge in [-0.1, -0.05) is 59.8 Å². The Kier molecular flexibility index (Phi) is 2.85. The van der Waals surface area contributed by atoms with Crippen LogP contribution in [-0.4, -0.2) is 11.4 Å². The molecule has 1 fully saturated rings. The van der Waals surface area contributed by atoms with E-state index in [-0.39, 0.29) is 0 Å². The first-order chi connectivity index (χ1) is 8.88. The molecule has 0 spiro atoms. The molecule has 0 unspecified atom stereocenters. The molecule has 0 amide bonds. The van der Waals surface area contributed by atoms with Crippen LogP contribution >= 0.6 is 0 Å². The molecular weight excluding hydrogens is 222 g/mol. The highest BCUT2D eigenvalue weighted by molar-refractivity contribution is 5.79. The maximum absolute atomic E-state index is 8.47. The summed E-state index contributed by atoms with van der Waals surface area (Å²) in [7, 11) is 0. The smallest absolute Gasteiger partial charge is 0.0733 e.